The van der Waals surface area contributed by atoms with Crippen LogP contribution in [0.25, 0.3) is 0 Å². The molecule has 0 aliphatic heterocycles. The van der Waals surface area contributed by atoms with Crippen molar-refractivity contribution in [3.05, 3.63) is 69.5 Å². The Hall–Kier alpha value is -1.38. The summed E-state index contributed by atoms with van der Waals surface area (Å²) in [6.45, 7) is 4.24. The summed E-state index contributed by atoms with van der Waals surface area (Å²) in [5.74, 6) is -0.292. The van der Waals surface area contributed by atoms with Crippen LogP contribution in [0.15, 0.2) is 36.4 Å². The lowest BCUT2D eigenvalue weighted by Gasteiger charge is -2.19. The molecule has 1 N–H and O–H groups in total. The molecule has 21 heavy (non-hydrogen) atoms. The van der Waals surface area contributed by atoms with Crippen molar-refractivity contribution in [1.82, 2.24) is 5.32 Å². The molecule has 112 valence electrons. The molecule has 1 nitrogen and oxygen atoms in total. The normalized spacial score (nSPS) is 12.4. The van der Waals surface area contributed by atoms with Crippen LogP contribution in [0.1, 0.15) is 22.3 Å². The fourth-order valence-electron chi connectivity index (χ4n) is 2.51. The van der Waals surface area contributed by atoms with Gasteiger partial charge in [0.25, 0.3) is 0 Å². The number of likely N-dealkylation sites (N-methyl/N-ethyl adjacent to an activating group) is 1. The molecular formula is C18H21ClFN. The highest BCUT2D eigenvalue weighted by molar-refractivity contribution is 6.31. The van der Waals surface area contributed by atoms with E-state index < -0.39 is 0 Å². The van der Waals surface area contributed by atoms with Crippen molar-refractivity contribution >= 4 is 11.6 Å². The molecule has 0 aliphatic rings. The lowest BCUT2D eigenvalue weighted by Crippen LogP contribution is -2.30. The molecule has 0 heterocycles. The first-order valence-electron chi connectivity index (χ1n) is 7.17. The molecule has 0 radical (unpaired) electrons. The van der Waals surface area contributed by atoms with E-state index in [0.29, 0.717) is 5.02 Å². The van der Waals surface area contributed by atoms with Gasteiger partial charge >= 0.3 is 0 Å². The van der Waals surface area contributed by atoms with Gasteiger partial charge in [0.15, 0.2) is 0 Å². The maximum Gasteiger partial charge on any atom is 0.124 e. The summed E-state index contributed by atoms with van der Waals surface area (Å²) in [5, 5.41) is 3.83. The molecule has 1 atom stereocenters. The third-order valence-corrected chi connectivity index (χ3v) is 4.21. The van der Waals surface area contributed by atoms with Crippen LogP contribution >= 0.6 is 11.6 Å². The Kier molecular flexibility index (Phi) is 5.38. The SMILES string of the molecule is CNC(Cc1cc(C)ccc1C)Cc1ccc(F)cc1Cl. The number of hydrogen-bond donors (Lipinski definition) is 1. The fraction of sp³-hybridized carbons (Fsp3) is 0.333. The monoisotopic (exact) mass is 305 g/mol. The predicted octanol–water partition coefficient (Wildman–Crippen LogP) is 4.47. The molecule has 3 heteroatoms. The van der Waals surface area contributed by atoms with E-state index in [1.54, 1.807) is 6.07 Å². The Balaban J connectivity index is 2.14. The van der Waals surface area contributed by atoms with Crippen molar-refractivity contribution < 1.29 is 4.39 Å². The molecular weight excluding hydrogens is 285 g/mol. The Morgan fingerprint density at radius 2 is 1.76 bits per heavy atom. The number of halogens is 2. The van der Waals surface area contributed by atoms with Gasteiger partial charge in [0, 0.05) is 11.1 Å². The first-order chi connectivity index (χ1) is 9.99. The van der Waals surface area contributed by atoms with Crippen molar-refractivity contribution in [2.45, 2.75) is 32.7 Å². The highest BCUT2D eigenvalue weighted by Gasteiger charge is 2.12. The van der Waals surface area contributed by atoms with Gasteiger partial charge in [-0.1, -0.05) is 41.4 Å². The van der Waals surface area contributed by atoms with Crippen LogP contribution in [-0.2, 0) is 12.8 Å². The van der Waals surface area contributed by atoms with Gasteiger partial charge in [-0.25, -0.2) is 4.39 Å². The topological polar surface area (TPSA) is 12.0 Å². The molecule has 0 saturated carbocycles. The zero-order valence-electron chi connectivity index (χ0n) is 12.7. The maximum absolute atomic E-state index is 13.1. The molecule has 2 aromatic carbocycles. The van der Waals surface area contributed by atoms with Crippen LogP contribution in [0.4, 0.5) is 4.39 Å². The summed E-state index contributed by atoms with van der Waals surface area (Å²) in [5.41, 5.74) is 4.88. The predicted molar refractivity (Wildman–Crippen MR) is 87.6 cm³/mol. The third-order valence-electron chi connectivity index (χ3n) is 3.86. The second-order valence-electron chi connectivity index (χ2n) is 5.56. The van der Waals surface area contributed by atoms with Crippen LogP contribution in [-0.4, -0.2) is 13.1 Å². The molecule has 0 aliphatic carbocycles. The number of rotatable bonds is 5. The Labute approximate surface area is 131 Å². The van der Waals surface area contributed by atoms with E-state index in [2.05, 4.69) is 37.4 Å². The summed E-state index contributed by atoms with van der Waals surface area (Å²) in [6.07, 6.45) is 1.71. The largest absolute Gasteiger partial charge is 0.316 e. The van der Waals surface area contributed by atoms with E-state index >= 15 is 0 Å². The van der Waals surface area contributed by atoms with Gasteiger partial charge in [0.2, 0.25) is 0 Å². The minimum absolute atomic E-state index is 0.272. The number of nitrogens with one attached hydrogen (secondary N) is 1. The quantitative estimate of drug-likeness (QED) is 0.859. The second kappa shape index (κ2) is 7.06. The van der Waals surface area contributed by atoms with Gasteiger partial charge in [-0.2, -0.15) is 0 Å². The zero-order chi connectivity index (χ0) is 15.4. The van der Waals surface area contributed by atoms with Crippen molar-refractivity contribution in [3.63, 3.8) is 0 Å². The maximum atomic E-state index is 13.1. The highest BCUT2D eigenvalue weighted by Crippen LogP contribution is 2.21. The first-order valence-corrected chi connectivity index (χ1v) is 7.54. The van der Waals surface area contributed by atoms with E-state index in [0.717, 1.165) is 18.4 Å². The smallest absolute Gasteiger partial charge is 0.124 e. The minimum Gasteiger partial charge on any atom is -0.316 e. The van der Waals surface area contributed by atoms with E-state index in [4.69, 9.17) is 11.6 Å². The van der Waals surface area contributed by atoms with Gasteiger partial charge in [-0.3, -0.25) is 0 Å². The number of hydrogen-bond acceptors (Lipinski definition) is 1. The molecule has 0 spiro atoms. The van der Waals surface area contributed by atoms with Gasteiger partial charge in [-0.15, -0.1) is 0 Å². The summed E-state index contributed by atoms with van der Waals surface area (Å²) < 4.78 is 13.1. The van der Waals surface area contributed by atoms with Crippen LogP contribution < -0.4 is 5.32 Å². The van der Waals surface area contributed by atoms with Crippen LogP contribution in [0.2, 0.25) is 5.02 Å². The standard InChI is InChI=1S/C18H21ClFN/c1-12-4-5-13(2)15(8-12)10-17(21-3)9-14-6-7-16(20)11-18(14)19/h4-8,11,17,21H,9-10H2,1-3H3. The Bertz CT molecular complexity index is 625. The summed E-state index contributed by atoms with van der Waals surface area (Å²) in [7, 11) is 1.95. The van der Waals surface area contributed by atoms with Crippen LogP contribution in [0.5, 0.6) is 0 Å². The Morgan fingerprint density at radius 1 is 1.05 bits per heavy atom. The van der Waals surface area contributed by atoms with Crippen LogP contribution in [0, 0.1) is 19.7 Å². The molecule has 0 saturated heterocycles. The Morgan fingerprint density at radius 3 is 2.43 bits per heavy atom. The zero-order valence-corrected chi connectivity index (χ0v) is 13.5. The summed E-state index contributed by atoms with van der Waals surface area (Å²) >= 11 is 6.12. The summed E-state index contributed by atoms with van der Waals surface area (Å²) in [4.78, 5) is 0. The van der Waals surface area contributed by atoms with E-state index in [9.17, 15) is 4.39 Å². The molecule has 2 rings (SSSR count). The molecule has 0 bridgehead atoms. The van der Waals surface area contributed by atoms with E-state index in [1.807, 2.05) is 7.05 Å². The first kappa shape index (κ1) is 16.0. The molecule has 0 amide bonds. The molecule has 0 aromatic heterocycles. The van der Waals surface area contributed by atoms with Crippen LogP contribution in [0.3, 0.4) is 0 Å². The molecule has 2 aromatic rings. The third kappa shape index (κ3) is 4.29. The van der Waals surface area contributed by atoms with Gasteiger partial charge in [0.05, 0.1) is 0 Å². The lowest BCUT2D eigenvalue weighted by molar-refractivity contribution is 0.554. The highest BCUT2D eigenvalue weighted by atomic mass is 35.5. The second-order valence-corrected chi connectivity index (χ2v) is 5.97. The van der Waals surface area contributed by atoms with Crippen molar-refractivity contribution in [3.8, 4) is 0 Å². The van der Waals surface area contributed by atoms with Gasteiger partial charge in [-0.05, 0) is 62.6 Å². The molecule has 0 fully saturated rings. The van der Waals surface area contributed by atoms with Crippen molar-refractivity contribution in [2.75, 3.05) is 7.05 Å². The average molecular weight is 306 g/mol. The van der Waals surface area contributed by atoms with E-state index in [-0.39, 0.29) is 11.9 Å². The minimum atomic E-state index is -0.292. The molecule has 1 unspecified atom stereocenters. The fourth-order valence-corrected chi connectivity index (χ4v) is 2.76. The van der Waals surface area contributed by atoms with Gasteiger partial charge in [0.1, 0.15) is 5.82 Å². The van der Waals surface area contributed by atoms with Gasteiger partial charge < -0.3 is 5.32 Å². The number of benzene rings is 2. The summed E-state index contributed by atoms with van der Waals surface area (Å²) in [6, 6.07) is 11.4. The number of aryl methyl sites for hydroxylation is 2. The van der Waals surface area contributed by atoms with Crippen molar-refractivity contribution in [1.29, 1.82) is 0 Å². The average Bonchev–Trinajstić information content (AvgIpc) is 2.44. The van der Waals surface area contributed by atoms with Crippen molar-refractivity contribution in [2.24, 2.45) is 0 Å². The lowest BCUT2D eigenvalue weighted by atomic mass is 9.95. The van der Waals surface area contributed by atoms with E-state index in [1.165, 1.54) is 28.8 Å².